The van der Waals surface area contributed by atoms with Crippen molar-refractivity contribution in [1.29, 1.82) is 0 Å². The maximum absolute atomic E-state index is 13.3. The minimum Gasteiger partial charge on any atom is -0.357 e. The van der Waals surface area contributed by atoms with Gasteiger partial charge in [-0.2, -0.15) is 0 Å². The Kier molecular flexibility index (Phi) is 8.50. The first-order valence-corrected chi connectivity index (χ1v) is 12.5. The monoisotopic (exact) mass is 529 g/mol. The molecule has 2 aromatic carbocycles. The van der Waals surface area contributed by atoms with E-state index in [-0.39, 0.29) is 12.5 Å². The molecular weight excluding hydrogens is 506 g/mol. The van der Waals surface area contributed by atoms with Crippen molar-refractivity contribution in [3.05, 3.63) is 63.1 Å². The third kappa shape index (κ3) is 6.69. The molecule has 0 aliphatic rings. The van der Waals surface area contributed by atoms with Crippen LogP contribution in [0.15, 0.2) is 46.9 Å². The molecule has 10 heteroatoms. The molecule has 7 nitrogen and oxygen atoms in total. The molecule has 168 valence electrons. The van der Waals surface area contributed by atoms with E-state index in [9.17, 15) is 18.0 Å². The molecule has 2 aromatic rings. The van der Waals surface area contributed by atoms with Crippen molar-refractivity contribution >= 4 is 55.1 Å². The number of rotatable bonds is 8. The second-order valence-electron chi connectivity index (χ2n) is 7.14. The predicted octanol–water partition coefficient (Wildman–Crippen LogP) is 3.34. The number of sulfonamides is 1. The zero-order valence-electron chi connectivity index (χ0n) is 17.7. The second-order valence-corrected chi connectivity index (χ2v) is 10.4. The number of hydrogen-bond acceptors (Lipinski definition) is 4. The summed E-state index contributed by atoms with van der Waals surface area (Å²) in [6.45, 7) is 3.02. The Hall–Kier alpha value is -2.10. The van der Waals surface area contributed by atoms with E-state index >= 15 is 0 Å². The highest BCUT2D eigenvalue weighted by atomic mass is 79.9. The van der Waals surface area contributed by atoms with E-state index in [2.05, 4.69) is 21.2 Å². The number of benzene rings is 2. The van der Waals surface area contributed by atoms with Gasteiger partial charge >= 0.3 is 0 Å². The molecule has 0 saturated carbocycles. The van der Waals surface area contributed by atoms with Gasteiger partial charge in [-0.05, 0) is 49.2 Å². The minimum atomic E-state index is -3.80. The highest BCUT2D eigenvalue weighted by Crippen LogP contribution is 2.26. The molecule has 0 unspecified atom stereocenters. The van der Waals surface area contributed by atoms with E-state index in [1.807, 2.05) is 24.3 Å². The van der Waals surface area contributed by atoms with Crippen molar-refractivity contribution in [2.45, 2.75) is 26.4 Å². The van der Waals surface area contributed by atoms with Crippen LogP contribution in [0.4, 0.5) is 5.69 Å². The summed E-state index contributed by atoms with van der Waals surface area (Å²) >= 11 is 9.44. The van der Waals surface area contributed by atoms with Crippen LogP contribution < -0.4 is 9.62 Å². The lowest BCUT2D eigenvalue weighted by molar-refractivity contribution is -0.139. The molecule has 0 bridgehead atoms. The molecule has 0 spiro atoms. The van der Waals surface area contributed by atoms with Gasteiger partial charge in [-0.3, -0.25) is 13.9 Å². The molecule has 0 aliphatic heterocycles. The van der Waals surface area contributed by atoms with E-state index in [0.29, 0.717) is 16.3 Å². The van der Waals surface area contributed by atoms with Gasteiger partial charge in [0.1, 0.15) is 12.6 Å². The average Bonchev–Trinajstić information content (AvgIpc) is 2.71. The summed E-state index contributed by atoms with van der Waals surface area (Å²) in [5.41, 5.74) is 1.78. The number of nitrogens with zero attached hydrogens (tertiary/aromatic N) is 2. The number of nitrogens with one attached hydrogen (secondary N) is 1. The number of amides is 2. The summed E-state index contributed by atoms with van der Waals surface area (Å²) < 4.78 is 27.0. The fourth-order valence-electron chi connectivity index (χ4n) is 3.02. The van der Waals surface area contributed by atoms with Gasteiger partial charge in [-0.15, -0.1) is 0 Å². The quantitative estimate of drug-likeness (QED) is 0.567. The SMILES string of the molecule is CNC(=O)[C@@H](C)N(Cc1ccc(Br)cc1)C(=O)CN(c1cc(Cl)ccc1C)S(C)(=O)=O. The van der Waals surface area contributed by atoms with Crippen molar-refractivity contribution in [2.24, 2.45) is 0 Å². The summed E-state index contributed by atoms with van der Waals surface area (Å²) in [4.78, 5) is 27.0. The molecule has 0 aromatic heterocycles. The summed E-state index contributed by atoms with van der Waals surface area (Å²) in [7, 11) is -2.31. The van der Waals surface area contributed by atoms with E-state index in [1.54, 1.807) is 26.0 Å². The van der Waals surface area contributed by atoms with E-state index in [1.165, 1.54) is 18.0 Å². The molecule has 31 heavy (non-hydrogen) atoms. The van der Waals surface area contributed by atoms with Crippen molar-refractivity contribution in [3.8, 4) is 0 Å². The highest BCUT2D eigenvalue weighted by molar-refractivity contribution is 9.10. The Bertz CT molecular complexity index is 1060. The fraction of sp³-hybridized carbons (Fsp3) is 0.333. The van der Waals surface area contributed by atoms with Gasteiger partial charge in [0.25, 0.3) is 0 Å². The Morgan fingerprint density at radius 3 is 2.32 bits per heavy atom. The maximum Gasteiger partial charge on any atom is 0.244 e. The van der Waals surface area contributed by atoms with Crippen LogP contribution in [0.25, 0.3) is 0 Å². The Morgan fingerprint density at radius 2 is 1.77 bits per heavy atom. The van der Waals surface area contributed by atoms with Gasteiger partial charge in [-0.1, -0.05) is 45.7 Å². The van der Waals surface area contributed by atoms with Gasteiger partial charge in [0.2, 0.25) is 21.8 Å². The molecule has 0 heterocycles. The summed E-state index contributed by atoms with van der Waals surface area (Å²) in [5, 5.41) is 2.89. The molecule has 0 fully saturated rings. The largest absolute Gasteiger partial charge is 0.357 e. The molecule has 0 saturated heterocycles. The molecule has 0 aliphatic carbocycles. The number of carbonyl (C=O) groups is 2. The lowest BCUT2D eigenvalue weighted by Crippen LogP contribution is -2.50. The maximum atomic E-state index is 13.3. The molecule has 1 atom stereocenters. The van der Waals surface area contributed by atoms with Crippen molar-refractivity contribution < 1.29 is 18.0 Å². The lowest BCUT2D eigenvalue weighted by Gasteiger charge is -2.31. The standard InChI is InChI=1S/C21H25BrClN3O4S/c1-14-5-10-18(23)11-19(14)26(31(4,29)30)13-20(27)25(15(2)21(28)24-3)12-16-6-8-17(22)9-7-16/h5-11,15H,12-13H2,1-4H3,(H,24,28)/t15-/m1/s1. The first-order chi connectivity index (χ1) is 14.4. The van der Waals surface area contributed by atoms with E-state index in [0.717, 1.165) is 20.6 Å². The number of halogens is 2. The van der Waals surface area contributed by atoms with Crippen LogP contribution in [0.3, 0.4) is 0 Å². The van der Waals surface area contributed by atoms with Gasteiger partial charge in [0.05, 0.1) is 11.9 Å². The average molecular weight is 531 g/mol. The lowest BCUT2D eigenvalue weighted by atomic mass is 10.1. The van der Waals surface area contributed by atoms with Crippen LogP contribution in [0.1, 0.15) is 18.1 Å². The van der Waals surface area contributed by atoms with Crippen LogP contribution in [0.2, 0.25) is 5.02 Å². The first-order valence-electron chi connectivity index (χ1n) is 9.43. The van der Waals surface area contributed by atoms with E-state index in [4.69, 9.17) is 11.6 Å². The van der Waals surface area contributed by atoms with Crippen molar-refractivity contribution in [3.63, 3.8) is 0 Å². The number of hydrogen-bond donors (Lipinski definition) is 1. The van der Waals surface area contributed by atoms with Crippen LogP contribution >= 0.6 is 27.5 Å². The predicted molar refractivity (Wildman–Crippen MR) is 127 cm³/mol. The minimum absolute atomic E-state index is 0.146. The molecule has 1 N–H and O–H groups in total. The Balaban J connectivity index is 2.42. The number of aryl methyl sites for hydroxylation is 1. The molecule has 0 radical (unpaired) electrons. The Labute approximate surface area is 196 Å². The van der Waals surface area contributed by atoms with Crippen molar-refractivity contribution in [2.75, 3.05) is 24.2 Å². The van der Waals surface area contributed by atoms with Crippen LogP contribution in [0.5, 0.6) is 0 Å². The first kappa shape index (κ1) is 25.2. The van der Waals surface area contributed by atoms with Crippen LogP contribution in [-0.4, -0.2) is 51.0 Å². The number of anilines is 1. The van der Waals surface area contributed by atoms with Crippen molar-refractivity contribution in [1.82, 2.24) is 10.2 Å². The molecule has 2 amide bonds. The number of likely N-dealkylation sites (N-methyl/N-ethyl adjacent to an activating group) is 1. The molecule has 2 rings (SSSR count). The highest BCUT2D eigenvalue weighted by Gasteiger charge is 2.30. The topological polar surface area (TPSA) is 86.8 Å². The van der Waals surface area contributed by atoms with Crippen LogP contribution in [-0.2, 0) is 26.2 Å². The van der Waals surface area contributed by atoms with Gasteiger partial charge in [0.15, 0.2) is 0 Å². The van der Waals surface area contributed by atoms with Gasteiger partial charge in [0, 0.05) is 23.1 Å². The Morgan fingerprint density at radius 1 is 1.16 bits per heavy atom. The summed E-state index contributed by atoms with van der Waals surface area (Å²) in [6.07, 6.45) is 1.03. The molecular formula is C21H25BrClN3O4S. The van der Waals surface area contributed by atoms with Crippen LogP contribution in [0, 0.1) is 6.92 Å². The zero-order chi connectivity index (χ0) is 23.3. The second kappa shape index (κ2) is 10.5. The van der Waals surface area contributed by atoms with Gasteiger partial charge in [-0.25, -0.2) is 8.42 Å². The third-order valence-corrected chi connectivity index (χ3v) is 6.69. The summed E-state index contributed by atoms with van der Waals surface area (Å²) in [6, 6.07) is 11.4. The normalized spacial score (nSPS) is 12.2. The summed E-state index contributed by atoms with van der Waals surface area (Å²) in [5.74, 6) is -0.862. The smallest absolute Gasteiger partial charge is 0.244 e. The third-order valence-electron chi connectivity index (χ3n) is 4.80. The number of carbonyl (C=O) groups excluding carboxylic acids is 2. The van der Waals surface area contributed by atoms with Gasteiger partial charge < -0.3 is 10.2 Å². The van der Waals surface area contributed by atoms with E-state index < -0.39 is 28.5 Å². The fourth-order valence-corrected chi connectivity index (χ4v) is 4.35. The zero-order valence-corrected chi connectivity index (χ0v) is 20.9.